The maximum atomic E-state index is 12.9. The van der Waals surface area contributed by atoms with E-state index in [0.717, 1.165) is 19.3 Å². The molecule has 0 radical (unpaired) electrons. The number of rotatable bonds is 2. The van der Waals surface area contributed by atoms with Gasteiger partial charge in [0, 0.05) is 38.1 Å². The average molecular weight is 335 g/mol. The van der Waals surface area contributed by atoms with Crippen LogP contribution in [0.25, 0.3) is 0 Å². The molecule has 0 spiro atoms. The monoisotopic (exact) mass is 335 g/mol. The van der Waals surface area contributed by atoms with Crippen LogP contribution in [0.1, 0.15) is 32.1 Å². The molecule has 2 aliphatic heterocycles. The van der Waals surface area contributed by atoms with Crippen molar-refractivity contribution in [1.82, 2.24) is 9.80 Å². The molecule has 2 N–H and O–H groups in total. The lowest BCUT2D eigenvalue weighted by atomic mass is 9.83. The van der Waals surface area contributed by atoms with Crippen LogP contribution >= 0.6 is 0 Å². The summed E-state index contributed by atoms with van der Waals surface area (Å²) in [6.45, 7) is 4.12. The van der Waals surface area contributed by atoms with E-state index in [0.29, 0.717) is 51.2 Å². The van der Waals surface area contributed by atoms with Gasteiger partial charge in [0.1, 0.15) is 0 Å². The third kappa shape index (κ3) is 2.84. The highest BCUT2D eigenvalue weighted by molar-refractivity contribution is 5.82. The second-order valence-corrected chi connectivity index (χ2v) is 7.97. The van der Waals surface area contributed by atoms with Crippen LogP contribution in [-0.2, 0) is 14.3 Å². The molecule has 6 nitrogen and oxygen atoms in total. The summed E-state index contributed by atoms with van der Waals surface area (Å²) in [5, 5.41) is 0. The van der Waals surface area contributed by atoms with E-state index in [2.05, 4.69) is 0 Å². The van der Waals surface area contributed by atoms with Gasteiger partial charge in [0.2, 0.25) is 11.8 Å². The Hall–Kier alpha value is -1.14. The molecule has 0 aromatic carbocycles. The standard InChI is InChI=1S/C18H29N3O3/c19-16-14-2-1-13(11-14)15(16)18(23)20-5-3-12(4-6-20)17(22)21-7-9-24-10-8-21/h12-16H,1-11,19H2. The summed E-state index contributed by atoms with van der Waals surface area (Å²) in [5.74, 6) is 1.68. The molecule has 2 heterocycles. The van der Waals surface area contributed by atoms with E-state index >= 15 is 0 Å². The van der Waals surface area contributed by atoms with Crippen molar-refractivity contribution in [3.63, 3.8) is 0 Å². The van der Waals surface area contributed by atoms with Crippen LogP contribution < -0.4 is 5.73 Å². The molecule has 6 heteroatoms. The first-order valence-electron chi connectivity index (χ1n) is 9.56. The van der Waals surface area contributed by atoms with Crippen molar-refractivity contribution in [2.45, 2.75) is 38.1 Å². The van der Waals surface area contributed by atoms with Crippen LogP contribution in [0.4, 0.5) is 0 Å². The maximum absolute atomic E-state index is 12.9. The Balaban J connectivity index is 1.31. The normalized spacial score (nSPS) is 37.0. The van der Waals surface area contributed by atoms with Crippen LogP contribution in [0.3, 0.4) is 0 Å². The van der Waals surface area contributed by atoms with Crippen molar-refractivity contribution in [3.05, 3.63) is 0 Å². The molecule has 2 bridgehead atoms. The number of morpholine rings is 1. The number of nitrogens with two attached hydrogens (primary N) is 1. The fourth-order valence-corrected chi connectivity index (χ4v) is 5.30. The topological polar surface area (TPSA) is 75.9 Å². The number of carbonyl (C=O) groups excluding carboxylic acids is 2. The zero-order valence-electron chi connectivity index (χ0n) is 14.4. The Labute approximate surface area is 143 Å². The smallest absolute Gasteiger partial charge is 0.227 e. The van der Waals surface area contributed by atoms with Gasteiger partial charge in [0.05, 0.1) is 19.1 Å². The lowest BCUT2D eigenvalue weighted by Crippen LogP contribution is -2.51. The number of nitrogens with zero attached hydrogens (tertiary/aromatic N) is 2. The molecule has 4 rings (SSSR count). The van der Waals surface area contributed by atoms with Crippen LogP contribution in [0.2, 0.25) is 0 Å². The van der Waals surface area contributed by atoms with Gasteiger partial charge in [-0.1, -0.05) is 0 Å². The zero-order chi connectivity index (χ0) is 16.7. The predicted molar refractivity (Wildman–Crippen MR) is 89.0 cm³/mol. The fraction of sp³-hybridized carbons (Fsp3) is 0.889. The second kappa shape index (κ2) is 6.64. The highest BCUT2D eigenvalue weighted by Gasteiger charge is 2.50. The second-order valence-electron chi connectivity index (χ2n) is 7.97. The molecule has 4 fully saturated rings. The predicted octanol–water partition coefficient (Wildman–Crippen LogP) is 0.457. The van der Waals surface area contributed by atoms with Crippen LogP contribution in [0.5, 0.6) is 0 Å². The summed E-state index contributed by atoms with van der Waals surface area (Å²) in [6, 6.07) is 0.0592. The minimum absolute atomic E-state index is 0.0373. The van der Waals surface area contributed by atoms with Crippen molar-refractivity contribution in [2.24, 2.45) is 29.4 Å². The van der Waals surface area contributed by atoms with Crippen molar-refractivity contribution in [2.75, 3.05) is 39.4 Å². The number of likely N-dealkylation sites (tertiary alicyclic amines) is 1. The molecule has 0 aromatic rings. The maximum Gasteiger partial charge on any atom is 0.227 e. The average Bonchev–Trinajstić information content (AvgIpc) is 3.23. The van der Waals surface area contributed by atoms with Gasteiger partial charge in [-0.15, -0.1) is 0 Å². The number of carbonyl (C=O) groups is 2. The Morgan fingerprint density at radius 3 is 2.08 bits per heavy atom. The van der Waals surface area contributed by atoms with Gasteiger partial charge in [-0.2, -0.15) is 0 Å². The van der Waals surface area contributed by atoms with Crippen molar-refractivity contribution in [1.29, 1.82) is 0 Å². The first-order chi connectivity index (χ1) is 11.6. The molecule has 4 aliphatic rings. The van der Waals surface area contributed by atoms with Gasteiger partial charge in [0.25, 0.3) is 0 Å². The molecule has 4 unspecified atom stereocenters. The molecule has 0 aromatic heterocycles. The van der Waals surface area contributed by atoms with Crippen LogP contribution in [0.15, 0.2) is 0 Å². The summed E-state index contributed by atoms with van der Waals surface area (Å²) in [5.41, 5.74) is 6.32. The molecule has 24 heavy (non-hydrogen) atoms. The first kappa shape index (κ1) is 16.3. The minimum Gasteiger partial charge on any atom is -0.378 e. The molecule has 4 atom stereocenters. The van der Waals surface area contributed by atoms with E-state index in [9.17, 15) is 9.59 Å². The van der Waals surface area contributed by atoms with Crippen molar-refractivity contribution >= 4 is 11.8 Å². The summed E-state index contributed by atoms with van der Waals surface area (Å²) in [6.07, 6.45) is 5.09. The molecule has 2 aliphatic carbocycles. The molecule has 134 valence electrons. The summed E-state index contributed by atoms with van der Waals surface area (Å²) >= 11 is 0. The number of ether oxygens (including phenoxy) is 1. The number of fused-ring (bicyclic) bond motifs is 2. The van der Waals surface area contributed by atoms with Gasteiger partial charge < -0.3 is 20.3 Å². The van der Waals surface area contributed by atoms with Crippen LogP contribution in [0, 0.1) is 23.7 Å². The largest absolute Gasteiger partial charge is 0.378 e. The first-order valence-corrected chi connectivity index (χ1v) is 9.56. The highest BCUT2D eigenvalue weighted by atomic mass is 16.5. The van der Waals surface area contributed by atoms with Gasteiger partial charge in [-0.05, 0) is 43.9 Å². The van der Waals surface area contributed by atoms with Gasteiger partial charge in [-0.25, -0.2) is 0 Å². The number of hydrogen-bond donors (Lipinski definition) is 1. The third-order valence-electron chi connectivity index (χ3n) is 6.74. The van der Waals surface area contributed by atoms with E-state index in [1.165, 1.54) is 12.8 Å². The SMILES string of the molecule is NC1C2CCC(C2)C1C(=O)N1CCC(C(=O)N2CCOCC2)CC1. The minimum atomic E-state index is 0.0373. The number of hydrogen-bond acceptors (Lipinski definition) is 4. The van der Waals surface area contributed by atoms with Crippen LogP contribution in [-0.4, -0.2) is 67.0 Å². The van der Waals surface area contributed by atoms with Crippen molar-refractivity contribution in [3.8, 4) is 0 Å². The number of amides is 2. The summed E-state index contributed by atoms with van der Waals surface area (Å²) < 4.78 is 5.32. The zero-order valence-corrected chi connectivity index (χ0v) is 14.4. The molecular weight excluding hydrogens is 306 g/mol. The van der Waals surface area contributed by atoms with E-state index in [-0.39, 0.29) is 29.7 Å². The summed E-state index contributed by atoms with van der Waals surface area (Å²) in [7, 11) is 0. The fourth-order valence-electron chi connectivity index (χ4n) is 5.30. The van der Waals surface area contributed by atoms with Gasteiger partial charge in [0.15, 0.2) is 0 Å². The van der Waals surface area contributed by atoms with E-state index in [1.54, 1.807) is 0 Å². The lowest BCUT2D eigenvalue weighted by Gasteiger charge is -2.38. The Kier molecular flexibility index (Phi) is 4.52. The molecular formula is C18H29N3O3. The van der Waals surface area contributed by atoms with E-state index in [4.69, 9.17) is 10.5 Å². The summed E-state index contributed by atoms with van der Waals surface area (Å²) in [4.78, 5) is 29.4. The van der Waals surface area contributed by atoms with E-state index < -0.39 is 0 Å². The molecule has 2 saturated carbocycles. The molecule has 2 saturated heterocycles. The quantitative estimate of drug-likeness (QED) is 0.795. The van der Waals surface area contributed by atoms with Gasteiger partial charge >= 0.3 is 0 Å². The number of piperidine rings is 1. The highest BCUT2D eigenvalue weighted by Crippen LogP contribution is 2.48. The molecule has 2 amide bonds. The van der Waals surface area contributed by atoms with Gasteiger partial charge in [-0.3, -0.25) is 9.59 Å². The Morgan fingerprint density at radius 1 is 0.833 bits per heavy atom. The third-order valence-corrected chi connectivity index (χ3v) is 6.74. The van der Waals surface area contributed by atoms with Crippen molar-refractivity contribution < 1.29 is 14.3 Å². The van der Waals surface area contributed by atoms with E-state index in [1.807, 2.05) is 9.80 Å². The lowest BCUT2D eigenvalue weighted by molar-refractivity contribution is -0.146. The Morgan fingerprint density at radius 2 is 1.46 bits per heavy atom. The Bertz CT molecular complexity index is 496.